The molecule has 0 spiro atoms. The van der Waals surface area contributed by atoms with Crippen LogP contribution in [0.15, 0.2) is 0 Å². The number of amides is 1. The average molecular weight is 323 g/mol. The molecule has 3 heterocycles. The molecule has 0 radical (unpaired) electrons. The summed E-state index contributed by atoms with van der Waals surface area (Å²) in [6.45, 7) is 12.2. The van der Waals surface area contributed by atoms with E-state index in [1.165, 1.54) is 25.9 Å². The third-order valence-corrected chi connectivity index (χ3v) is 5.95. The maximum atomic E-state index is 12.6. The Labute approximate surface area is 140 Å². The van der Waals surface area contributed by atoms with Gasteiger partial charge < -0.3 is 19.4 Å². The third-order valence-electron chi connectivity index (χ3n) is 5.95. The molecule has 0 bridgehead atoms. The summed E-state index contributed by atoms with van der Waals surface area (Å²) in [6, 6.07) is 1.41. The first-order valence-electron chi connectivity index (χ1n) is 9.50. The van der Waals surface area contributed by atoms with Gasteiger partial charge in [0.15, 0.2) is 0 Å². The topological polar surface area (TPSA) is 36.0 Å². The van der Waals surface area contributed by atoms with Crippen LogP contribution in [0.2, 0.25) is 0 Å². The number of piperidine rings is 2. The van der Waals surface area contributed by atoms with E-state index in [0.29, 0.717) is 25.2 Å². The Bertz CT molecular complexity index is 380. The molecule has 3 saturated heterocycles. The third kappa shape index (κ3) is 4.25. The smallest absolute Gasteiger partial charge is 0.225 e. The number of ether oxygens (including phenoxy) is 1. The number of hydrogen-bond acceptors (Lipinski definition) is 4. The molecule has 3 fully saturated rings. The maximum Gasteiger partial charge on any atom is 0.225 e. The van der Waals surface area contributed by atoms with Crippen LogP contribution >= 0.6 is 0 Å². The van der Waals surface area contributed by atoms with Gasteiger partial charge in [-0.05, 0) is 65.7 Å². The lowest BCUT2D eigenvalue weighted by molar-refractivity contribution is -0.141. The Kier molecular flexibility index (Phi) is 5.94. The summed E-state index contributed by atoms with van der Waals surface area (Å²) in [6.07, 6.45) is 4.67. The van der Waals surface area contributed by atoms with Gasteiger partial charge in [0.25, 0.3) is 0 Å². The lowest BCUT2D eigenvalue weighted by Gasteiger charge is -2.43. The Morgan fingerprint density at radius 2 is 1.52 bits per heavy atom. The molecule has 0 aromatic heterocycles. The second-order valence-corrected chi connectivity index (χ2v) is 7.61. The predicted octanol–water partition coefficient (Wildman–Crippen LogP) is 1.43. The minimum atomic E-state index is 0.250. The Balaban J connectivity index is 1.42. The Hall–Kier alpha value is -0.650. The molecule has 3 aliphatic rings. The number of carbonyl (C=O) groups is 1. The van der Waals surface area contributed by atoms with Crippen LogP contribution in [0.5, 0.6) is 0 Å². The summed E-state index contributed by atoms with van der Waals surface area (Å²) in [5, 5.41) is 0. The zero-order valence-electron chi connectivity index (χ0n) is 14.9. The van der Waals surface area contributed by atoms with E-state index in [0.717, 1.165) is 45.1 Å². The van der Waals surface area contributed by atoms with E-state index in [2.05, 4.69) is 23.6 Å². The van der Waals surface area contributed by atoms with Crippen LogP contribution in [0.3, 0.4) is 0 Å². The normalized spacial score (nSPS) is 26.8. The molecular formula is C18H33N3O2. The van der Waals surface area contributed by atoms with Gasteiger partial charge in [-0.3, -0.25) is 4.79 Å². The van der Waals surface area contributed by atoms with Gasteiger partial charge in [-0.2, -0.15) is 0 Å². The van der Waals surface area contributed by atoms with Crippen molar-refractivity contribution in [1.82, 2.24) is 14.7 Å². The quantitative estimate of drug-likeness (QED) is 0.787. The van der Waals surface area contributed by atoms with Crippen molar-refractivity contribution in [3.8, 4) is 0 Å². The number of rotatable bonds is 3. The monoisotopic (exact) mass is 323 g/mol. The van der Waals surface area contributed by atoms with Gasteiger partial charge in [-0.15, -0.1) is 0 Å². The number of carbonyl (C=O) groups excluding carboxylic acids is 1. The molecule has 0 aliphatic carbocycles. The van der Waals surface area contributed by atoms with Crippen LogP contribution in [0, 0.1) is 5.92 Å². The second-order valence-electron chi connectivity index (χ2n) is 7.61. The van der Waals surface area contributed by atoms with Gasteiger partial charge in [0.05, 0.1) is 13.2 Å². The van der Waals surface area contributed by atoms with Crippen molar-refractivity contribution in [3.05, 3.63) is 0 Å². The Morgan fingerprint density at radius 3 is 2.09 bits per heavy atom. The van der Waals surface area contributed by atoms with Crippen LogP contribution < -0.4 is 0 Å². The standard InChI is InChI=1S/C18H33N3O2/c1-15(2)19-9-5-17(6-10-19)20-7-3-16(4-8-20)18(22)21-11-13-23-14-12-21/h15-17H,3-14H2,1-2H3. The summed E-state index contributed by atoms with van der Waals surface area (Å²) in [5.41, 5.74) is 0. The van der Waals surface area contributed by atoms with Crippen molar-refractivity contribution in [3.63, 3.8) is 0 Å². The van der Waals surface area contributed by atoms with E-state index in [-0.39, 0.29) is 5.92 Å². The summed E-state index contributed by atoms with van der Waals surface area (Å²) < 4.78 is 5.35. The molecule has 132 valence electrons. The zero-order chi connectivity index (χ0) is 16.2. The van der Waals surface area contributed by atoms with E-state index >= 15 is 0 Å². The molecule has 0 saturated carbocycles. The predicted molar refractivity (Wildman–Crippen MR) is 91.4 cm³/mol. The first kappa shape index (κ1) is 17.2. The fraction of sp³-hybridized carbons (Fsp3) is 0.944. The molecule has 5 nitrogen and oxygen atoms in total. The van der Waals surface area contributed by atoms with Crippen molar-refractivity contribution >= 4 is 5.91 Å². The minimum Gasteiger partial charge on any atom is -0.378 e. The maximum absolute atomic E-state index is 12.6. The van der Waals surface area contributed by atoms with Crippen molar-refractivity contribution in [2.24, 2.45) is 5.92 Å². The van der Waals surface area contributed by atoms with Crippen LogP contribution in [-0.4, -0.2) is 85.2 Å². The first-order chi connectivity index (χ1) is 11.1. The average Bonchev–Trinajstić information content (AvgIpc) is 2.62. The number of nitrogens with zero attached hydrogens (tertiary/aromatic N) is 3. The summed E-state index contributed by atoms with van der Waals surface area (Å²) in [4.78, 5) is 19.9. The van der Waals surface area contributed by atoms with Crippen molar-refractivity contribution in [1.29, 1.82) is 0 Å². The second kappa shape index (κ2) is 7.95. The fourth-order valence-electron chi connectivity index (χ4n) is 4.32. The molecule has 0 N–H and O–H groups in total. The van der Waals surface area contributed by atoms with Gasteiger partial charge in [0.1, 0.15) is 0 Å². The van der Waals surface area contributed by atoms with E-state index in [9.17, 15) is 4.79 Å². The molecular weight excluding hydrogens is 290 g/mol. The largest absolute Gasteiger partial charge is 0.378 e. The molecule has 23 heavy (non-hydrogen) atoms. The molecule has 0 aromatic carbocycles. The van der Waals surface area contributed by atoms with Gasteiger partial charge in [-0.25, -0.2) is 0 Å². The fourth-order valence-corrected chi connectivity index (χ4v) is 4.32. The highest BCUT2D eigenvalue weighted by Gasteiger charge is 2.33. The van der Waals surface area contributed by atoms with E-state index < -0.39 is 0 Å². The van der Waals surface area contributed by atoms with Crippen molar-refractivity contribution in [2.75, 3.05) is 52.5 Å². The van der Waals surface area contributed by atoms with Crippen LogP contribution in [0.25, 0.3) is 0 Å². The van der Waals surface area contributed by atoms with Crippen LogP contribution in [0.4, 0.5) is 0 Å². The summed E-state index contributed by atoms with van der Waals surface area (Å²) in [5.74, 6) is 0.627. The van der Waals surface area contributed by atoms with E-state index in [1.54, 1.807) is 0 Å². The highest BCUT2D eigenvalue weighted by Crippen LogP contribution is 2.26. The van der Waals surface area contributed by atoms with Crippen LogP contribution in [-0.2, 0) is 9.53 Å². The van der Waals surface area contributed by atoms with Crippen molar-refractivity contribution in [2.45, 2.75) is 51.6 Å². The van der Waals surface area contributed by atoms with Gasteiger partial charge in [-0.1, -0.05) is 0 Å². The molecule has 1 amide bonds. The highest BCUT2D eigenvalue weighted by atomic mass is 16.5. The van der Waals surface area contributed by atoms with E-state index in [4.69, 9.17) is 4.74 Å². The SMILES string of the molecule is CC(C)N1CCC(N2CCC(C(=O)N3CCOCC3)CC2)CC1. The number of likely N-dealkylation sites (tertiary alicyclic amines) is 2. The van der Waals surface area contributed by atoms with E-state index in [1.807, 2.05) is 4.90 Å². The van der Waals surface area contributed by atoms with Gasteiger partial charge in [0, 0.05) is 31.1 Å². The first-order valence-corrected chi connectivity index (χ1v) is 9.50. The number of hydrogen-bond donors (Lipinski definition) is 0. The summed E-state index contributed by atoms with van der Waals surface area (Å²) in [7, 11) is 0. The van der Waals surface area contributed by atoms with Gasteiger partial charge in [0.2, 0.25) is 5.91 Å². The molecule has 0 atom stereocenters. The Morgan fingerprint density at radius 1 is 0.913 bits per heavy atom. The molecule has 3 rings (SSSR count). The zero-order valence-corrected chi connectivity index (χ0v) is 14.9. The van der Waals surface area contributed by atoms with Crippen molar-refractivity contribution < 1.29 is 9.53 Å². The highest BCUT2D eigenvalue weighted by molar-refractivity contribution is 5.79. The molecule has 3 aliphatic heterocycles. The van der Waals surface area contributed by atoms with Crippen LogP contribution in [0.1, 0.15) is 39.5 Å². The lowest BCUT2D eigenvalue weighted by Crippen LogP contribution is -2.51. The molecule has 5 heteroatoms. The number of morpholine rings is 1. The summed E-state index contributed by atoms with van der Waals surface area (Å²) >= 11 is 0. The lowest BCUT2D eigenvalue weighted by atomic mass is 9.92. The molecule has 0 unspecified atom stereocenters. The molecule has 0 aromatic rings. The minimum absolute atomic E-state index is 0.250. The van der Waals surface area contributed by atoms with Gasteiger partial charge >= 0.3 is 0 Å².